The van der Waals surface area contributed by atoms with E-state index >= 15 is 0 Å². The highest BCUT2D eigenvalue weighted by molar-refractivity contribution is 7.78. The number of thiol groups is 1. The molecular formula is C8H20N4OS. The van der Waals surface area contributed by atoms with Gasteiger partial charge in [0.25, 0.3) is 0 Å². The van der Waals surface area contributed by atoms with Crippen LogP contribution in [0.2, 0.25) is 0 Å². The van der Waals surface area contributed by atoms with Gasteiger partial charge in [-0.15, -0.1) is 0 Å². The molecule has 0 heterocycles. The molecule has 0 saturated carbocycles. The van der Waals surface area contributed by atoms with Crippen molar-refractivity contribution in [3.63, 3.8) is 0 Å². The molecule has 0 aromatic rings. The van der Waals surface area contributed by atoms with Crippen molar-refractivity contribution in [2.45, 2.75) is 26.3 Å². The Morgan fingerprint density at radius 2 is 2.14 bits per heavy atom. The standard InChI is InChI=1S/C8H20N4OS/c1-3-10-11-5-6(2)4-7(12-14)8(9)13/h6-7,10-12,14H,3-5H2,1-2H3,(H2,9,13). The fraction of sp³-hybridized carbons (Fsp3) is 0.875. The molecule has 14 heavy (non-hydrogen) atoms. The van der Waals surface area contributed by atoms with Gasteiger partial charge in [0.15, 0.2) is 0 Å². The van der Waals surface area contributed by atoms with E-state index in [1.807, 2.05) is 13.8 Å². The van der Waals surface area contributed by atoms with Crippen molar-refractivity contribution in [1.29, 1.82) is 0 Å². The number of hydrogen-bond donors (Lipinski definition) is 5. The molecule has 0 aliphatic rings. The third-order valence-corrected chi connectivity index (χ3v) is 2.20. The lowest BCUT2D eigenvalue weighted by Crippen LogP contribution is -2.41. The molecule has 2 unspecified atom stereocenters. The van der Waals surface area contributed by atoms with E-state index in [4.69, 9.17) is 5.73 Å². The van der Waals surface area contributed by atoms with E-state index in [-0.39, 0.29) is 11.9 Å². The Kier molecular flexibility index (Phi) is 7.87. The first-order chi connectivity index (χ1) is 6.61. The first kappa shape index (κ1) is 13.7. The van der Waals surface area contributed by atoms with E-state index < -0.39 is 0 Å². The molecule has 0 fully saturated rings. The number of rotatable bonds is 8. The van der Waals surface area contributed by atoms with Crippen LogP contribution in [0.25, 0.3) is 0 Å². The Bertz CT molecular complexity index is 167. The molecular weight excluding hydrogens is 200 g/mol. The number of primary amides is 1. The molecule has 0 rings (SSSR count). The van der Waals surface area contributed by atoms with Crippen LogP contribution in [0.3, 0.4) is 0 Å². The molecule has 1 amide bonds. The van der Waals surface area contributed by atoms with Crippen molar-refractivity contribution in [1.82, 2.24) is 15.6 Å². The SMILES string of the molecule is CCNNCC(C)CC(NS)C(N)=O. The predicted octanol–water partition coefficient (Wildman–Crippen LogP) is -0.585. The first-order valence-corrected chi connectivity index (χ1v) is 5.21. The van der Waals surface area contributed by atoms with Crippen LogP contribution in [0.4, 0.5) is 0 Å². The normalized spacial score (nSPS) is 15.1. The quantitative estimate of drug-likeness (QED) is 0.215. The Morgan fingerprint density at radius 3 is 2.57 bits per heavy atom. The Balaban J connectivity index is 3.67. The molecule has 0 bridgehead atoms. The van der Waals surface area contributed by atoms with Crippen molar-refractivity contribution >= 4 is 18.7 Å². The molecule has 0 aliphatic heterocycles. The van der Waals surface area contributed by atoms with Gasteiger partial charge >= 0.3 is 0 Å². The summed E-state index contributed by atoms with van der Waals surface area (Å²) >= 11 is 3.85. The lowest BCUT2D eigenvalue weighted by molar-refractivity contribution is -0.119. The number of nitrogens with two attached hydrogens (primary N) is 1. The molecule has 0 aromatic carbocycles. The van der Waals surface area contributed by atoms with Gasteiger partial charge in [0.2, 0.25) is 5.91 Å². The fourth-order valence-electron chi connectivity index (χ4n) is 1.09. The Labute approximate surface area is 90.7 Å². The van der Waals surface area contributed by atoms with Crippen LogP contribution in [0, 0.1) is 5.92 Å². The molecule has 0 aliphatic carbocycles. The van der Waals surface area contributed by atoms with Gasteiger partial charge in [-0.05, 0) is 12.3 Å². The minimum Gasteiger partial charge on any atom is -0.368 e. The van der Waals surface area contributed by atoms with E-state index in [0.29, 0.717) is 12.3 Å². The number of hydrazine groups is 1. The summed E-state index contributed by atoms with van der Waals surface area (Å²) in [5.41, 5.74) is 11.2. The van der Waals surface area contributed by atoms with Crippen LogP contribution in [0.15, 0.2) is 0 Å². The molecule has 0 spiro atoms. The first-order valence-electron chi connectivity index (χ1n) is 4.76. The second-order valence-electron chi connectivity index (χ2n) is 3.34. The lowest BCUT2D eigenvalue weighted by Gasteiger charge is -2.17. The number of hydrogen-bond acceptors (Lipinski definition) is 5. The maximum absolute atomic E-state index is 10.9. The minimum atomic E-state index is -0.365. The zero-order valence-electron chi connectivity index (χ0n) is 8.71. The number of carbonyl (C=O) groups is 1. The van der Waals surface area contributed by atoms with E-state index in [1.54, 1.807) is 0 Å². The Morgan fingerprint density at radius 1 is 1.50 bits per heavy atom. The monoisotopic (exact) mass is 220 g/mol. The smallest absolute Gasteiger partial charge is 0.235 e. The second kappa shape index (κ2) is 8.05. The summed E-state index contributed by atoms with van der Waals surface area (Å²) in [5.74, 6) is -0.0125. The largest absolute Gasteiger partial charge is 0.368 e. The second-order valence-corrected chi connectivity index (χ2v) is 3.59. The third kappa shape index (κ3) is 6.20. The Hall–Kier alpha value is -0.300. The molecule has 0 saturated heterocycles. The average molecular weight is 220 g/mol. The van der Waals surface area contributed by atoms with Gasteiger partial charge in [-0.3, -0.25) is 20.4 Å². The van der Waals surface area contributed by atoms with Gasteiger partial charge in [0.1, 0.15) is 0 Å². The topological polar surface area (TPSA) is 79.2 Å². The minimum absolute atomic E-state index is 0.353. The van der Waals surface area contributed by atoms with E-state index in [9.17, 15) is 4.79 Å². The highest BCUT2D eigenvalue weighted by Gasteiger charge is 2.16. The molecule has 5 nitrogen and oxygen atoms in total. The molecule has 0 radical (unpaired) electrons. The predicted molar refractivity (Wildman–Crippen MR) is 60.6 cm³/mol. The lowest BCUT2D eigenvalue weighted by atomic mass is 10.0. The number of amides is 1. The van der Waals surface area contributed by atoms with Crippen LogP contribution in [-0.2, 0) is 4.79 Å². The van der Waals surface area contributed by atoms with Gasteiger partial charge in [-0.2, -0.15) is 0 Å². The highest BCUT2D eigenvalue weighted by Crippen LogP contribution is 2.04. The molecule has 5 N–H and O–H groups in total. The zero-order chi connectivity index (χ0) is 11.0. The molecule has 2 atom stereocenters. The van der Waals surface area contributed by atoms with Crippen LogP contribution >= 0.6 is 12.8 Å². The summed E-state index contributed by atoms with van der Waals surface area (Å²) in [5, 5.41) is 0. The van der Waals surface area contributed by atoms with Gasteiger partial charge in [0, 0.05) is 13.1 Å². The van der Waals surface area contributed by atoms with Crippen molar-refractivity contribution in [2.24, 2.45) is 11.7 Å². The van der Waals surface area contributed by atoms with E-state index in [1.165, 1.54) is 0 Å². The van der Waals surface area contributed by atoms with Crippen molar-refractivity contribution in [2.75, 3.05) is 13.1 Å². The fourth-order valence-corrected chi connectivity index (χ4v) is 1.32. The van der Waals surface area contributed by atoms with E-state index in [0.717, 1.165) is 13.1 Å². The maximum atomic E-state index is 10.9. The van der Waals surface area contributed by atoms with Crippen LogP contribution < -0.4 is 21.3 Å². The highest BCUT2D eigenvalue weighted by atomic mass is 32.1. The molecule has 6 heteroatoms. The van der Waals surface area contributed by atoms with E-state index in [2.05, 4.69) is 28.4 Å². The summed E-state index contributed by atoms with van der Waals surface area (Å²) in [4.78, 5) is 10.9. The van der Waals surface area contributed by atoms with Crippen LogP contribution in [-0.4, -0.2) is 25.0 Å². The van der Waals surface area contributed by atoms with Crippen molar-refractivity contribution in [3.05, 3.63) is 0 Å². The summed E-state index contributed by atoms with van der Waals surface area (Å²) in [6.45, 7) is 5.73. The van der Waals surface area contributed by atoms with Gasteiger partial charge in [0.05, 0.1) is 6.04 Å². The number of carbonyl (C=O) groups excluding carboxylic acids is 1. The van der Waals surface area contributed by atoms with Gasteiger partial charge in [-0.25, -0.2) is 0 Å². The number of nitrogens with one attached hydrogen (secondary N) is 3. The van der Waals surface area contributed by atoms with Crippen LogP contribution in [0.5, 0.6) is 0 Å². The van der Waals surface area contributed by atoms with Crippen molar-refractivity contribution < 1.29 is 4.79 Å². The van der Waals surface area contributed by atoms with Gasteiger partial charge < -0.3 is 5.73 Å². The third-order valence-electron chi connectivity index (χ3n) is 1.89. The molecule has 84 valence electrons. The van der Waals surface area contributed by atoms with Gasteiger partial charge in [-0.1, -0.05) is 26.7 Å². The average Bonchev–Trinajstić information content (AvgIpc) is 2.14. The summed E-state index contributed by atoms with van der Waals surface area (Å²) in [6, 6.07) is -0.364. The maximum Gasteiger partial charge on any atom is 0.235 e. The van der Waals surface area contributed by atoms with Crippen molar-refractivity contribution in [3.8, 4) is 0 Å². The molecule has 0 aromatic heterocycles. The zero-order valence-corrected chi connectivity index (χ0v) is 9.60. The van der Waals surface area contributed by atoms with Crippen LogP contribution in [0.1, 0.15) is 20.3 Å². The summed E-state index contributed by atoms with van der Waals surface area (Å²) in [7, 11) is 0. The summed E-state index contributed by atoms with van der Waals surface area (Å²) < 4.78 is 2.59. The summed E-state index contributed by atoms with van der Waals surface area (Å²) in [6.07, 6.45) is 0.678.